The van der Waals surface area contributed by atoms with Gasteiger partial charge in [-0.15, -0.1) is 0 Å². The molecular weight excluding hydrogens is 228 g/mol. The second-order valence-electron chi connectivity index (χ2n) is 4.84. The largest absolute Gasteiger partial charge is 0.309 e. The van der Waals surface area contributed by atoms with Gasteiger partial charge in [-0.1, -0.05) is 18.2 Å². The fourth-order valence-corrected chi connectivity index (χ4v) is 2.17. The Balaban J connectivity index is 2.09. The molecule has 0 atom stereocenters. The van der Waals surface area contributed by atoms with E-state index in [0.717, 1.165) is 18.5 Å². The average Bonchev–Trinajstić information content (AvgIpc) is 2.33. The minimum absolute atomic E-state index is 0.0857. The minimum Gasteiger partial charge on any atom is -0.309 e. The third-order valence-electron chi connectivity index (χ3n) is 3.12. The van der Waals surface area contributed by atoms with Gasteiger partial charge in [0.15, 0.2) is 0 Å². The van der Waals surface area contributed by atoms with Crippen molar-refractivity contribution in [3.63, 3.8) is 0 Å². The Kier molecular flexibility index (Phi) is 3.77. The van der Waals surface area contributed by atoms with Gasteiger partial charge in [0.05, 0.1) is 6.42 Å². The van der Waals surface area contributed by atoms with Crippen LogP contribution in [-0.4, -0.2) is 48.8 Å². The summed E-state index contributed by atoms with van der Waals surface area (Å²) in [6.45, 7) is 1.38. The summed E-state index contributed by atoms with van der Waals surface area (Å²) in [5.41, 5.74) is 1.51. The predicted octanol–water partition coefficient (Wildman–Crippen LogP) is 1.16. The SMILES string of the molecule is CN(C)CCCN1C(=O)Cc2ccccc2C1=O. The van der Waals surface area contributed by atoms with Crippen molar-refractivity contribution in [3.8, 4) is 0 Å². The van der Waals surface area contributed by atoms with Crippen LogP contribution in [0.4, 0.5) is 0 Å². The molecule has 4 heteroatoms. The first-order chi connectivity index (χ1) is 8.59. The minimum atomic E-state index is -0.152. The van der Waals surface area contributed by atoms with Gasteiger partial charge in [0, 0.05) is 12.1 Å². The van der Waals surface area contributed by atoms with E-state index in [1.54, 1.807) is 6.07 Å². The monoisotopic (exact) mass is 246 g/mol. The summed E-state index contributed by atoms with van der Waals surface area (Å²) in [6, 6.07) is 7.34. The Hall–Kier alpha value is -1.68. The molecule has 1 aromatic rings. The lowest BCUT2D eigenvalue weighted by molar-refractivity contribution is -0.128. The van der Waals surface area contributed by atoms with Crippen molar-refractivity contribution in [1.82, 2.24) is 9.80 Å². The van der Waals surface area contributed by atoms with Crippen molar-refractivity contribution in [2.75, 3.05) is 27.2 Å². The van der Waals surface area contributed by atoms with Crippen molar-refractivity contribution < 1.29 is 9.59 Å². The van der Waals surface area contributed by atoms with Crippen molar-refractivity contribution >= 4 is 11.8 Å². The van der Waals surface area contributed by atoms with E-state index in [1.807, 2.05) is 37.2 Å². The lowest BCUT2D eigenvalue weighted by Crippen LogP contribution is -2.43. The zero-order chi connectivity index (χ0) is 13.1. The molecule has 1 aliphatic rings. The molecule has 0 aromatic heterocycles. The van der Waals surface area contributed by atoms with Crippen LogP contribution < -0.4 is 0 Å². The van der Waals surface area contributed by atoms with Crippen LogP contribution in [0.1, 0.15) is 22.3 Å². The number of rotatable bonds is 4. The molecule has 2 rings (SSSR count). The Bertz CT molecular complexity index is 469. The molecule has 18 heavy (non-hydrogen) atoms. The predicted molar refractivity (Wildman–Crippen MR) is 69.4 cm³/mol. The number of carbonyl (C=O) groups is 2. The molecule has 0 spiro atoms. The maximum Gasteiger partial charge on any atom is 0.260 e. The smallest absolute Gasteiger partial charge is 0.260 e. The van der Waals surface area contributed by atoms with Gasteiger partial charge in [-0.3, -0.25) is 14.5 Å². The maximum absolute atomic E-state index is 12.2. The van der Waals surface area contributed by atoms with Gasteiger partial charge in [-0.25, -0.2) is 0 Å². The standard InChI is InChI=1S/C14H18N2O2/c1-15(2)8-5-9-16-13(17)10-11-6-3-4-7-12(11)14(16)18/h3-4,6-7H,5,8-10H2,1-2H3. The van der Waals surface area contributed by atoms with Gasteiger partial charge in [0.25, 0.3) is 5.91 Å². The third kappa shape index (κ3) is 2.59. The Morgan fingerprint density at radius 2 is 1.94 bits per heavy atom. The van der Waals surface area contributed by atoms with E-state index in [0.29, 0.717) is 18.5 Å². The van der Waals surface area contributed by atoms with E-state index in [4.69, 9.17) is 0 Å². The topological polar surface area (TPSA) is 40.6 Å². The van der Waals surface area contributed by atoms with Crippen LogP contribution in [-0.2, 0) is 11.2 Å². The molecule has 96 valence electrons. The van der Waals surface area contributed by atoms with Gasteiger partial charge in [-0.05, 0) is 38.7 Å². The second kappa shape index (κ2) is 5.31. The molecule has 1 aliphatic heterocycles. The highest BCUT2D eigenvalue weighted by Gasteiger charge is 2.29. The number of nitrogens with zero attached hydrogens (tertiary/aromatic N) is 2. The lowest BCUT2D eigenvalue weighted by atomic mass is 9.98. The number of amides is 2. The van der Waals surface area contributed by atoms with Gasteiger partial charge in [-0.2, -0.15) is 0 Å². The van der Waals surface area contributed by atoms with Crippen molar-refractivity contribution in [1.29, 1.82) is 0 Å². The van der Waals surface area contributed by atoms with Crippen molar-refractivity contribution in [3.05, 3.63) is 35.4 Å². The molecule has 0 aliphatic carbocycles. The molecule has 0 bridgehead atoms. The number of benzene rings is 1. The van der Waals surface area contributed by atoms with Crippen LogP contribution in [0.3, 0.4) is 0 Å². The zero-order valence-corrected chi connectivity index (χ0v) is 10.8. The van der Waals surface area contributed by atoms with Gasteiger partial charge >= 0.3 is 0 Å². The molecule has 0 radical (unpaired) electrons. The summed E-state index contributed by atoms with van der Waals surface area (Å²) in [7, 11) is 3.96. The fraction of sp³-hybridized carbons (Fsp3) is 0.429. The van der Waals surface area contributed by atoms with Gasteiger partial charge in [0.2, 0.25) is 5.91 Å². The van der Waals surface area contributed by atoms with Gasteiger partial charge < -0.3 is 4.90 Å². The van der Waals surface area contributed by atoms with E-state index in [2.05, 4.69) is 0 Å². The Morgan fingerprint density at radius 3 is 2.67 bits per heavy atom. The first-order valence-corrected chi connectivity index (χ1v) is 6.17. The highest BCUT2D eigenvalue weighted by atomic mass is 16.2. The summed E-state index contributed by atoms with van der Waals surface area (Å²) in [5.74, 6) is -0.238. The number of hydrogen-bond acceptors (Lipinski definition) is 3. The van der Waals surface area contributed by atoms with Crippen LogP contribution in [0.15, 0.2) is 24.3 Å². The van der Waals surface area contributed by atoms with Crippen LogP contribution in [0, 0.1) is 0 Å². The molecule has 4 nitrogen and oxygen atoms in total. The normalized spacial score (nSPS) is 15.2. The van der Waals surface area contributed by atoms with Crippen molar-refractivity contribution in [2.45, 2.75) is 12.8 Å². The number of carbonyl (C=O) groups excluding carboxylic acids is 2. The van der Waals surface area contributed by atoms with Crippen LogP contribution in [0.25, 0.3) is 0 Å². The first-order valence-electron chi connectivity index (χ1n) is 6.17. The van der Waals surface area contributed by atoms with E-state index in [-0.39, 0.29) is 11.8 Å². The number of fused-ring (bicyclic) bond motifs is 1. The van der Waals surface area contributed by atoms with Crippen LogP contribution in [0.5, 0.6) is 0 Å². The van der Waals surface area contributed by atoms with Gasteiger partial charge in [0.1, 0.15) is 0 Å². The molecule has 2 amide bonds. The first kappa shape index (κ1) is 12.8. The highest BCUT2D eigenvalue weighted by molar-refractivity contribution is 6.09. The molecule has 0 saturated heterocycles. The quantitative estimate of drug-likeness (QED) is 0.749. The summed E-state index contributed by atoms with van der Waals surface area (Å²) >= 11 is 0. The summed E-state index contributed by atoms with van der Waals surface area (Å²) in [4.78, 5) is 27.6. The molecule has 1 heterocycles. The molecule has 0 fully saturated rings. The van der Waals surface area contributed by atoms with E-state index in [9.17, 15) is 9.59 Å². The van der Waals surface area contributed by atoms with Crippen LogP contribution in [0.2, 0.25) is 0 Å². The molecule has 1 aromatic carbocycles. The van der Waals surface area contributed by atoms with E-state index < -0.39 is 0 Å². The van der Waals surface area contributed by atoms with Crippen LogP contribution >= 0.6 is 0 Å². The Morgan fingerprint density at radius 1 is 1.22 bits per heavy atom. The van der Waals surface area contributed by atoms with E-state index >= 15 is 0 Å². The van der Waals surface area contributed by atoms with Crippen molar-refractivity contribution in [2.24, 2.45) is 0 Å². The fourth-order valence-electron chi connectivity index (χ4n) is 2.17. The summed E-state index contributed by atoms with van der Waals surface area (Å²) in [6.07, 6.45) is 1.15. The molecule has 0 unspecified atom stereocenters. The number of hydrogen-bond donors (Lipinski definition) is 0. The molecule has 0 N–H and O–H groups in total. The average molecular weight is 246 g/mol. The van der Waals surface area contributed by atoms with E-state index in [1.165, 1.54) is 4.90 Å². The highest BCUT2D eigenvalue weighted by Crippen LogP contribution is 2.19. The number of imide groups is 1. The molecule has 0 saturated carbocycles. The summed E-state index contributed by atoms with van der Waals surface area (Å²) < 4.78 is 0. The molecular formula is C14H18N2O2. The lowest BCUT2D eigenvalue weighted by Gasteiger charge is -2.27. The maximum atomic E-state index is 12.2. The second-order valence-corrected chi connectivity index (χ2v) is 4.84. The Labute approximate surface area is 107 Å². The summed E-state index contributed by atoms with van der Waals surface area (Å²) in [5, 5.41) is 0. The third-order valence-corrected chi connectivity index (χ3v) is 3.12. The zero-order valence-electron chi connectivity index (χ0n) is 10.8.